The first kappa shape index (κ1) is 13.1. The molecule has 0 radical (unpaired) electrons. The summed E-state index contributed by atoms with van der Waals surface area (Å²) in [5, 5.41) is 13.9. The Morgan fingerprint density at radius 3 is 2.47 bits per heavy atom. The Hall–Kier alpha value is -2.30. The Morgan fingerprint density at radius 2 is 1.89 bits per heavy atom. The predicted octanol–water partition coefficient (Wildman–Crippen LogP) is 2.41. The molecule has 0 aliphatic heterocycles. The molecule has 1 aromatic heterocycles. The summed E-state index contributed by atoms with van der Waals surface area (Å²) in [6, 6.07) is 7.58. The molecular weight excluding hydrogens is 244 g/mol. The van der Waals surface area contributed by atoms with E-state index in [4.69, 9.17) is 5.11 Å². The number of hydrogen-bond donors (Lipinski definition) is 3. The van der Waals surface area contributed by atoms with E-state index in [1.54, 1.807) is 0 Å². The first-order valence-corrected chi connectivity index (χ1v) is 6.26. The lowest BCUT2D eigenvalue weighted by atomic mass is 10.0. The maximum absolute atomic E-state index is 11.4. The van der Waals surface area contributed by atoms with Crippen LogP contribution in [-0.2, 0) is 6.42 Å². The summed E-state index contributed by atoms with van der Waals surface area (Å²) in [5.74, 6) is -1.23. The Balaban J connectivity index is 2.32. The number of H-pyrrole nitrogens is 2. The second-order valence-corrected chi connectivity index (χ2v) is 4.43. The first-order chi connectivity index (χ1) is 9.13. The summed E-state index contributed by atoms with van der Waals surface area (Å²) in [6.45, 7) is 2.14. The van der Waals surface area contributed by atoms with E-state index < -0.39 is 11.5 Å². The fraction of sp³-hybridized carbons (Fsp3) is 0.286. The van der Waals surface area contributed by atoms with E-state index in [-0.39, 0.29) is 5.56 Å². The largest absolute Gasteiger partial charge is 0.477 e. The summed E-state index contributed by atoms with van der Waals surface area (Å²) in [6.07, 6.45) is 3.27. The molecule has 0 amide bonds. The average Bonchev–Trinajstić information content (AvgIpc) is 2.79. The van der Waals surface area contributed by atoms with Crippen molar-refractivity contribution in [3.63, 3.8) is 0 Å². The van der Waals surface area contributed by atoms with Gasteiger partial charge < -0.3 is 5.11 Å². The smallest absolute Gasteiger partial charge is 0.343 e. The zero-order valence-electron chi connectivity index (χ0n) is 10.7. The standard InChI is InChI=1S/C14H16N2O3/c1-2-3-4-9-5-7-10(8-6-9)12-11(14(18)19)13(17)16-15-12/h5-8H,2-4H2,1H3,(H,18,19)(H2,15,16,17). The zero-order valence-corrected chi connectivity index (χ0v) is 10.7. The average molecular weight is 260 g/mol. The van der Waals surface area contributed by atoms with E-state index >= 15 is 0 Å². The molecule has 19 heavy (non-hydrogen) atoms. The van der Waals surface area contributed by atoms with Crippen LogP contribution in [0.1, 0.15) is 35.7 Å². The predicted molar refractivity (Wildman–Crippen MR) is 72.4 cm³/mol. The molecule has 2 aromatic rings. The third-order valence-electron chi connectivity index (χ3n) is 3.05. The van der Waals surface area contributed by atoms with Gasteiger partial charge in [0.25, 0.3) is 5.56 Å². The van der Waals surface area contributed by atoms with Crippen molar-refractivity contribution in [2.24, 2.45) is 0 Å². The number of nitrogens with one attached hydrogen (secondary N) is 2. The molecule has 0 aliphatic carbocycles. The van der Waals surface area contributed by atoms with Crippen molar-refractivity contribution >= 4 is 5.97 Å². The van der Waals surface area contributed by atoms with Crippen molar-refractivity contribution in [2.75, 3.05) is 0 Å². The Morgan fingerprint density at radius 1 is 1.21 bits per heavy atom. The van der Waals surface area contributed by atoms with E-state index in [1.165, 1.54) is 5.56 Å². The van der Waals surface area contributed by atoms with Gasteiger partial charge in [0.15, 0.2) is 5.56 Å². The maximum Gasteiger partial charge on any atom is 0.343 e. The number of carboxylic acids is 1. The van der Waals surface area contributed by atoms with Crippen LogP contribution in [0.4, 0.5) is 0 Å². The number of hydrogen-bond acceptors (Lipinski definition) is 2. The number of benzene rings is 1. The van der Waals surface area contributed by atoms with Crippen LogP contribution in [0.3, 0.4) is 0 Å². The van der Waals surface area contributed by atoms with Crippen molar-refractivity contribution in [3.8, 4) is 11.3 Å². The molecule has 3 N–H and O–H groups in total. The second kappa shape index (κ2) is 5.56. The van der Waals surface area contributed by atoms with Crippen molar-refractivity contribution in [3.05, 3.63) is 45.7 Å². The van der Waals surface area contributed by atoms with Crippen LogP contribution < -0.4 is 5.56 Å². The van der Waals surface area contributed by atoms with Crippen LogP contribution in [-0.4, -0.2) is 21.3 Å². The molecule has 0 spiro atoms. The van der Waals surface area contributed by atoms with Crippen molar-refractivity contribution in [2.45, 2.75) is 26.2 Å². The second-order valence-electron chi connectivity index (χ2n) is 4.43. The summed E-state index contributed by atoms with van der Waals surface area (Å²) in [7, 11) is 0. The molecule has 0 bridgehead atoms. The Bertz CT molecular complexity index is 623. The minimum absolute atomic E-state index is 0.249. The van der Waals surface area contributed by atoms with Crippen LogP contribution in [0.15, 0.2) is 29.1 Å². The van der Waals surface area contributed by atoms with Crippen LogP contribution in [0, 0.1) is 0 Å². The molecule has 0 saturated heterocycles. The third kappa shape index (κ3) is 2.76. The van der Waals surface area contributed by atoms with Gasteiger partial charge in [-0.1, -0.05) is 37.6 Å². The highest BCUT2D eigenvalue weighted by molar-refractivity contribution is 5.94. The monoisotopic (exact) mass is 260 g/mol. The van der Waals surface area contributed by atoms with E-state index in [0.717, 1.165) is 19.3 Å². The van der Waals surface area contributed by atoms with Crippen LogP contribution >= 0.6 is 0 Å². The van der Waals surface area contributed by atoms with Gasteiger partial charge in [0, 0.05) is 5.56 Å². The molecule has 0 aliphatic rings. The molecule has 0 fully saturated rings. The third-order valence-corrected chi connectivity index (χ3v) is 3.05. The number of aromatic amines is 2. The number of unbranched alkanes of at least 4 members (excludes halogenated alkanes) is 1. The van der Waals surface area contributed by atoms with Gasteiger partial charge in [-0.05, 0) is 18.4 Å². The maximum atomic E-state index is 11.4. The molecule has 5 heteroatoms. The molecule has 0 unspecified atom stereocenters. The fourth-order valence-corrected chi connectivity index (χ4v) is 2.00. The van der Waals surface area contributed by atoms with Gasteiger partial charge in [-0.15, -0.1) is 0 Å². The number of aromatic carboxylic acids is 1. The quantitative estimate of drug-likeness (QED) is 0.771. The Kier molecular flexibility index (Phi) is 3.85. The van der Waals surface area contributed by atoms with E-state index in [2.05, 4.69) is 17.1 Å². The van der Waals surface area contributed by atoms with Crippen LogP contribution in [0.25, 0.3) is 11.3 Å². The SMILES string of the molecule is CCCCc1ccc(-c2[nH][nH]c(=O)c2C(=O)O)cc1. The highest BCUT2D eigenvalue weighted by atomic mass is 16.4. The van der Waals surface area contributed by atoms with Crippen molar-refractivity contribution in [1.82, 2.24) is 10.2 Å². The minimum Gasteiger partial charge on any atom is -0.477 e. The zero-order chi connectivity index (χ0) is 13.8. The number of carboxylic acid groups (broad SMARTS) is 1. The van der Waals surface area contributed by atoms with Gasteiger partial charge in [0.2, 0.25) is 0 Å². The summed E-state index contributed by atoms with van der Waals surface area (Å²) in [5.41, 5.74) is 1.36. The van der Waals surface area contributed by atoms with Gasteiger partial charge in [-0.2, -0.15) is 0 Å². The molecule has 1 heterocycles. The lowest BCUT2D eigenvalue weighted by Gasteiger charge is -2.03. The van der Waals surface area contributed by atoms with Gasteiger partial charge in [0.05, 0.1) is 5.69 Å². The van der Waals surface area contributed by atoms with E-state index in [9.17, 15) is 9.59 Å². The van der Waals surface area contributed by atoms with Crippen molar-refractivity contribution < 1.29 is 9.90 Å². The highest BCUT2D eigenvalue weighted by Crippen LogP contribution is 2.20. The molecule has 100 valence electrons. The molecule has 1 aromatic carbocycles. The Labute approximate surface area is 110 Å². The van der Waals surface area contributed by atoms with E-state index in [0.29, 0.717) is 11.3 Å². The van der Waals surface area contributed by atoms with Crippen LogP contribution in [0.5, 0.6) is 0 Å². The van der Waals surface area contributed by atoms with Crippen molar-refractivity contribution in [1.29, 1.82) is 0 Å². The highest BCUT2D eigenvalue weighted by Gasteiger charge is 2.18. The van der Waals surface area contributed by atoms with Gasteiger partial charge in [0.1, 0.15) is 0 Å². The number of aromatic nitrogens is 2. The number of aryl methyl sites for hydroxylation is 1. The molecule has 0 atom stereocenters. The van der Waals surface area contributed by atoms with Crippen LogP contribution in [0.2, 0.25) is 0 Å². The number of carbonyl (C=O) groups is 1. The summed E-state index contributed by atoms with van der Waals surface area (Å²) < 4.78 is 0. The fourth-order valence-electron chi connectivity index (χ4n) is 2.00. The van der Waals surface area contributed by atoms with Gasteiger partial charge in [-0.3, -0.25) is 15.0 Å². The van der Waals surface area contributed by atoms with Gasteiger partial charge >= 0.3 is 5.97 Å². The molecule has 0 saturated carbocycles. The molecular formula is C14H16N2O3. The first-order valence-electron chi connectivity index (χ1n) is 6.26. The van der Waals surface area contributed by atoms with E-state index in [1.807, 2.05) is 24.3 Å². The summed E-state index contributed by atoms with van der Waals surface area (Å²) >= 11 is 0. The summed E-state index contributed by atoms with van der Waals surface area (Å²) in [4.78, 5) is 22.4. The number of rotatable bonds is 5. The van der Waals surface area contributed by atoms with Gasteiger partial charge in [-0.25, -0.2) is 4.79 Å². The minimum atomic E-state index is -1.23. The lowest BCUT2D eigenvalue weighted by Crippen LogP contribution is -2.12. The topological polar surface area (TPSA) is 86.0 Å². The normalized spacial score (nSPS) is 10.6. The molecule has 2 rings (SSSR count). The lowest BCUT2D eigenvalue weighted by molar-refractivity contribution is 0.0696. The molecule has 5 nitrogen and oxygen atoms in total.